The molecule has 56 valence electrons. The number of hydrogen-bond donors (Lipinski definition) is 0. The minimum Gasteiger partial charge on any atom is -0.252 e. The largest absolute Gasteiger partial charge is 0.252 e. The molecule has 1 rings (SSSR count). The predicted molar refractivity (Wildman–Crippen MR) is 39.0 cm³/mol. The van der Waals surface area contributed by atoms with Crippen LogP contribution in [0.4, 0.5) is 0 Å². The lowest BCUT2D eigenvalue weighted by Crippen LogP contribution is -2.34. The van der Waals surface area contributed by atoms with Crippen molar-refractivity contribution in [2.75, 3.05) is 14.1 Å². The summed E-state index contributed by atoms with van der Waals surface area (Å²) in [4.78, 5) is 0. The molecule has 0 aromatic rings. The average molecular weight is 140 g/mol. The Morgan fingerprint density at radius 1 is 1.30 bits per heavy atom. The Hall–Kier alpha value is -1.06. The van der Waals surface area contributed by atoms with E-state index in [4.69, 9.17) is 0 Å². The molecule has 10 heavy (non-hydrogen) atoms. The molecule has 1 heterocycles. The highest BCUT2D eigenvalue weighted by atomic mass is 15.8. The third kappa shape index (κ3) is 0.964. The van der Waals surface area contributed by atoms with Crippen molar-refractivity contribution in [3.8, 4) is 0 Å². The summed E-state index contributed by atoms with van der Waals surface area (Å²) in [6.45, 7) is 5.80. The number of hydrogen-bond acceptors (Lipinski definition) is 4. The second-order valence-corrected chi connectivity index (χ2v) is 2.55. The van der Waals surface area contributed by atoms with Gasteiger partial charge >= 0.3 is 0 Å². The third-order valence-electron chi connectivity index (χ3n) is 1.47. The van der Waals surface area contributed by atoms with Gasteiger partial charge in [-0.2, -0.15) is 0 Å². The second kappa shape index (κ2) is 2.28. The fourth-order valence-corrected chi connectivity index (χ4v) is 1.10. The third-order valence-corrected chi connectivity index (χ3v) is 1.47. The van der Waals surface area contributed by atoms with Crippen molar-refractivity contribution in [3.63, 3.8) is 0 Å². The van der Waals surface area contributed by atoms with Gasteiger partial charge in [0.05, 0.1) is 0 Å². The first-order valence-corrected chi connectivity index (χ1v) is 3.15. The topological polar surface area (TPSA) is 31.2 Å². The van der Waals surface area contributed by atoms with Crippen LogP contribution < -0.4 is 0 Å². The molecule has 0 spiro atoms. The zero-order chi connectivity index (χ0) is 7.72. The molecule has 0 amide bonds. The van der Waals surface area contributed by atoms with E-state index in [1.165, 1.54) is 0 Å². The van der Waals surface area contributed by atoms with Crippen molar-refractivity contribution in [1.29, 1.82) is 0 Å². The smallest absolute Gasteiger partial charge is 0.158 e. The molecule has 0 N–H and O–H groups in total. The lowest BCUT2D eigenvalue weighted by atomic mass is 10.2. The van der Waals surface area contributed by atoms with Gasteiger partial charge in [0.15, 0.2) is 6.17 Å². The molecule has 0 radical (unpaired) electrons. The number of likely N-dealkylation sites (N-methyl/N-ethyl adjacent to an activating group) is 2. The lowest BCUT2D eigenvalue weighted by molar-refractivity contribution is 0.191. The highest BCUT2D eigenvalue weighted by molar-refractivity contribution is 5.00. The molecule has 0 saturated carbocycles. The van der Waals surface area contributed by atoms with E-state index in [1.807, 2.05) is 21.0 Å². The van der Waals surface area contributed by atoms with Crippen molar-refractivity contribution in [1.82, 2.24) is 10.0 Å². The molecule has 1 aliphatic heterocycles. The summed E-state index contributed by atoms with van der Waals surface area (Å²) in [6.07, 6.45) is 0.139. The normalized spacial score (nSPS) is 18.7. The van der Waals surface area contributed by atoms with Gasteiger partial charge in [-0.05, 0) is 12.5 Å². The van der Waals surface area contributed by atoms with Gasteiger partial charge in [0, 0.05) is 14.1 Å². The average Bonchev–Trinajstić information content (AvgIpc) is 2.11. The molecule has 4 nitrogen and oxygen atoms in total. The Labute approximate surface area is 60.8 Å². The van der Waals surface area contributed by atoms with E-state index in [2.05, 4.69) is 17.0 Å². The van der Waals surface area contributed by atoms with Crippen LogP contribution in [0.3, 0.4) is 0 Å². The van der Waals surface area contributed by atoms with E-state index in [-0.39, 0.29) is 6.17 Å². The van der Waals surface area contributed by atoms with Gasteiger partial charge in [-0.25, -0.2) is 0 Å². The molecule has 0 aliphatic carbocycles. The van der Waals surface area contributed by atoms with Crippen LogP contribution in [-0.2, 0) is 0 Å². The summed E-state index contributed by atoms with van der Waals surface area (Å²) in [5.74, 6) is 0. The molecule has 4 heteroatoms. The zero-order valence-corrected chi connectivity index (χ0v) is 6.57. The standard InChI is InChI=1S/C6H12N4/c1-5(2)6-9(3)7-8-10(6)4/h6H,1H2,2-4H3. The molecular formula is C6H12N4. The van der Waals surface area contributed by atoms with Crippen LogP contribution >= 0.6 is 0 Å². The molecule has 0 saturated heterocycles. The van der Waals surface area contributed by atoms with Crippen LogP contribution in [0.2, 0.25) is 0 Å². The summed E-state index contributed by atoms with van der Waals surface area (Å²) < 4.78 is 0. The van der Waals surface area contributed by atoms with Crippen LogP contribution in [-0.4, -0.2) is 30.3 Å². The first kappa shape index (κ1) is 7.05. The number of nitrogens with zero attached hydrogens (tertiary/aromatic N) is 4. The second-order valence-electron chi connectivity index (χ2n) is 2.55. The summed E-state index contributed by atoms with van der Waals surface area (Å²) in [7, 11) is 3.76. The molecular weight excluding hydrogens is 128 g/mol. The molecule has 0 aromatic carbocycles. The van der Waals surface area contributed by atoms with Gasteiger partial charge in [0.2, 0.25) is 0 Å². The summed E-state index contributed by atoms with van der Waals surface area (Å²) in [6, 6.07) is 0. The van der Waals surface area contributed by atoms with Gasteiger partial charge < -0.3 is 0 Å². The van der Waals surface area contributed by atoms with Crippen LogP contribution in [0, 0.1) is 0 Å². The Morgan fingerprint density at radius 3 is 1.90 bits per heavy atom. The molecule has 0 bridgehead atoms. The molecule has 0 unspecified atom stereocenters. The Kier molecular flexibility index (Phi) is 1.61. The maximum absolute atomic E-state index is 3.84. The summed E-state index contributed by atoms with van der Waals surface area (Å²) in [5, 5.41) is 11.2. The maximum Gasteiger partial charge on any atom is 0.158 e. The van der Waals surface area contributed by atoms with Crippen LogP contribution in [0.25, 0.3) is 0 Å². The van der Waals surface area contributed by atoms with Gasteiger partial charge in [-0.15, -0.1) is 0 Å². The van der Waals surface area contributed by atoms with Crippen molar-refractivity contribution in [3.05, 3.63) is 12.2 Å². The fourth-order valence-electron chi connectivity index (χ4n) is 1.10. The summed E-state index contributed by atoms with van der Waals surface area (Å²) in [5.41, 5.74) is 1.05. The predicted octanol–water partition coefficient (Wildman–Crippen LogP) is 1.05. The van der Waals surface area contributed by atoms with Crippen molar-refractivity contribution >= 4 is 0 Å². The monoisotopic (exact) mass is 140 g/mol. The van der Waals surface area contributed by atoms with E-state index < -0.39 is 0 Å². The van der Waals surface area contributed by atoms with Crippen LogP contribution in [0.5, 0.6) is 0 Å². The highest BCUT2D eigenvalue weighted by Gasteiger charge is 2.23. The van der Waals surface area contributed by atoms with Gasteiger partial charge in [-0.1, -0.05) is 17.0 Å². The first-order valence-electron chi connectivity index (χ1n) is 3.15. The quantitative estimate of drug-likeness (QED) is 0.510. The Bertz CT molecular complexity index is 163. The van der Waals surface area contributed by atoms with Gasteiger partial charge in [0.1, 0.15) is 0 Å². The fraction of sp³-hybridized carbons (Fsp3) is 0.667. The number of rotatable bonds is 1. The molecule has 1 aliphatic rings. The minimum absolute atomic E-state index is 0.139. The van der Waals surface area contributed by atoms with E-state index in [9.17, 15) is 0 Å². The van der Waals surface area contributed by atoms with Crippen molar-refractivity contribution in [2.24, 2.45) is 10.4 Å². The minimum atomic E-state index is 0.139. The zero-order valence-electron chi connectivity index (χ0n) is 6.57. The maximum atomic E-state index is 3.84. The van der Waals surface area contributed by atoms with Crippen molar-refractivity contribution in [2.45, 2.75) is 13.1 Å². The van der Waals surface area contributed by atoms with Crippen LogP contribution in [0.15, 0.2) is 22.6 Å². The van der Waals surface area contributed by atoms with Gasteiger partial charge in [0.25, 0.3) is 0 Å². The van der Waals surface area contributed by atoms with Crippen molar-refractivity contribution < 1.29 is 0 Å². The van der Waals surface area contributed by atoms with Crippen LogP contribution in [0.1, 0.15) is 6.92 Å². The molecule has 0 fully saturated rings. The van der Waals surface area contributed by atoms with Gasteiger partial charge in [-0.3, -0.25) is 10.0 Å². The van der Waals surface area contributed by atoms with E-state index in [0.717, 1.165) is 5.57 Å². The SMILES string of the molecule is C=C(C)C1N(C)N=NN1C. The van der Waals surface area contributed by atoms with E-state index in [0.29, 0.717) is 0 Å². The van der Waals surface area contributed by atoms with E-state index >= 15 is 0 Å². The summed E-state index contributed by atoms with van der Waals surface area (Å²) >= 11 is 0. The van der Waals surface area contributed by atoms with E-state index in [1.54, 1.807) is 10.0 Å². The Morgan fingerprint density at radius 2 is 1.70 bits per heavy atom. The lowest BCUT2D eigenvalue weighted by Gasteiger charge is -2.22. The molecule has 0 atom stereocenters. The highest BCUT2D eigenvalue weighted by Crippen LogP contribution is 2.17. The Balaban J connectivity index is 2.69. The molecule has 0 aromatic heterocycles. The first-order chi connectivity index (χ1) is 4.63.